The smallest absolute Gasteiger partial charge is 0.248 e. The van der Waals surface area contributed by atoms with Crippen molar-refractivity contribution < 1.29 is 9.21 Å². The molecule has 1 aliphatic carbocycles. The number of amides is 1. The number of likely N-dealkylation sites (N-methyl/N-ethyl adjacent to an activating group) is 1. The second-order valence-electron chi connectivity index (χ2n) is 8.00. The molecule has 0 bridgehead atoms. The van der Waals surface area contributed by atoms with Crippen molar-refractivity contribution in [1.29, 1.82) is 0 Å². The lowest BCUT2D eigenvalue weighted by molar-refractivity contribution is -0.134. The minimum absolute atomic E-state index is 0.00327. The van der Waals surface area contributed by atoms with E-state index in [1.165, 1.54) is 18.0 Å². The van der Waals surface area contributed by atoms with Crippen molar-refractivity contribution in [2.24, 2.45) is 5.41 Å². The Morgan fingerprint density at radius 2 is 2.16 bits per heavy atom. The number of hydrogen-bond acceptors (Lipinski definition) is 5. The Morgan fingerprint density at radius 3 is 2.90 bits per heavy atom. The third-order valence-corrected chi connectivity index (χ3v) is 6.37. The lowest BCUT2D eigenvalue weighted by Gasteiger charge is -2.37. The second kappa shape index (κ2) is 8.99. The standard InChI is InChI=1S/C24H25N3O3S/c1-24(12-4-3-5-13-24)22(23(29)27(2)16-18-7-6-14-30-18)26-31-19-9-10-20-17(15-19)8-11-21(28)25-20/h3-12,14-15,22,26H,13,16H2,1-2H3,(H,25,28)/t22-,24?/m0/s1. The number of carbonyl (C=O) groups is 1. The average Bonchev–Trinajstić information content (AvgIpc) is 3.27. The van der Waals surface area contributed by atoms with E-state index in [0.29, 0.717) is 6.54 Å². The number of rotatable bonds is 7. The Bertz CT molecular complexity index is 1180. The van der Waals surface area contributed by atoms with E-state index >= 15 is 0 Å². The van der Waals surface area contributed by atoms with Crippen LogP contribution in [0.5, 0.6) is 0 Å². The van der Waals surface area contributed by atoms with Gasteiger partial charge in [-0.25, -0.2) is 4.72 Å². The van der Waals surface area contributed by atoms with Gasteiger partial charge >= 0.3 is 0 Å². The maximum absolute atomic E-state index is 13.5. The van der Waals surface area contributed by atoms with Gasteiger partial charge in [0.25, 0.3) is 0 Å². The molecule has 0 fully saturated rings. The summed E-state index contributed by atoms with van der Waals surface area (Å²) in [5.74, 6) is 0.742. The molecule has 1 unspecified atom stereocenters. The molecule has 0 saturated heterocycles. The van der Waals surface area contributed by atoms with E-state index in [1.807, 2.05) is 42.5 Å². The van der Waals surface area contributed by atoms with Gasteiger partial charge in [0, 0.05) is 28.9 Å². The fraction of sp³-hybridized carbons (Fsp3) is 0.250. The van der Waals surface area contributed by atoms with Crippen LogP contribution in [0, 0.1) is 5.41 Å². The Hall–Kier alpha value is -3.03. The number of hydrogen-bond donors (Lipinski definition) is 2. The number of carbonyl (C=O) groups excluding carboxylic acids is 1. The van der Waals surface area contributed by atoms with Crippen LogP contribution >= 0.6 is 11.9 Å². The maximum Gasteiger partial charge on any atom is 0.248 e. The lowest BCUT2D eigenvalue weighted by atomic mass is 9.76. The summed E-state index contributed by atoms with van der Waals surface area (Å²) >= 11 is 1.42. The van der Waals surface area contributed by atoms with Crippen molar-refractivity contribution in [2.75, 3.05) is 7.05 Å². The van der Waals surface area contributed by atoms with Crippen LogP contribution in [0.25, 0.3) is 10.9 Å². The molecule has 160 valence electrons. The molecule has 7 heteroatoms. The SMILES string of the molecule is CN(Cc1ccco1)C(=O)[C@H](NSc1ccc2[nH]c(=O)ccc2c1)C1(C)C=CC=CC1. The van der Waals surface area contributed by atoms with Crippen molar-refractivity contribution in [2.45, 2.75) is 30.8 Å². The van der Waals surface area contributed by atoms with Crippen molar-refractivity contribution in [1.82, 2.24) is 14.6 Å². The van der Waals surface area contributed by atoms with Crippen LogP contribution in [0.4, 0.5) is 0 Å². The Kier molecular flexibility index (Phi) is 6.15. The molecular weight excluding hydrogens is 410 g/mol. The van der Waals surface area contributed by atoms with Crippen molar-refractivity contribution in [3.8, 4) is 0 Å². The summed E-state index contributed by atoms with van der Waals surface area (Å²) in [6, 6.07) is 12.4. The predicted octanol–water partition coefficient (Wildman–Crippen LogP) is 4.27. The Labute approximate surface area is 185 Å². The van der Waals surface area contributed by atoms with E-state index in [0.717, 1.165) is 28.0 Å². The van der Waals surface area contributed by atoms with Crippen LogP contribution in [-0.4, -0.2) is 28.9 Å². The third-order valence-electron chi connectivity index (χ3n) is 5.53. The first-order valence-corrected chi connectivity index (χ1v) is 10.9. The summed E-state index contributed by atoms with van der Waals surface area (Å²) in [6.45, 7) is 2.50. The molecule has 2 aromatic heterocycles. The number of furan rings is 1. The second-order valence-corrected chi connectivity index (χ2v) is 8.91. The normalized spacial score (nSPS) is 18.9. The molecule has 1 amide bonds. The number of nitrogens with one attached hydrogen (secondary N) is 2. The van der Waals surface area contributed by atoms with Gasteiger partial charge in [0.2, 0.25) is 11.5 Å². The minimum Gasteiger partial charge on any atom is -0.467 e. The van der Waals surface area contributed by atoms with Crippen LogP contribution in [0.3, 0.4) is 0 Å². The van der Waals surface area contributed by atoms with E-state index in [-0.39, 0.29) is 16.9 Å². The summed E-state index contributed by atoms with van der Waals surface area (Å²) in [4.78, 5) is 30.4. The molecule has 31 heavy (non-hydrogen) atoms. The zero-order valence-electron chi connectivity index (χ0n) is 17.5. The number of aromatic amines is 1. The molecule has 4 rings (SSSR count). The van der Waals surface area contributed by atoms with Gasteiger partial charge < -0.3 is 14.3 Å². The zero-order chi connectivity index (χ0) is 21.8. The number of aromatic nitrogens is 1. The molecule has 2 atom stereocenters. The summed E-state index contributed by atoms with van der Waals surface area (Å²) < 4.78 is 8.83. The van der Waals surface area contributed by atoms with E-state index in [9.17, 15) is 9.59 Å². The molecule has 2 heterocycles. The van der Waals surface area contributed by atoms with Gasteiger partial charge in [0.15, 0.2) is 0 Å². The molecule has 2 N–H and O–H groups in total. The molecule has 0 spiro atoms. The summed E-state index contributed by atoms with van der Waals surface area (Å²) in [5, 5.41) is 0.941. The summed E-state index contributed by atoms with van der Waals surface area (Å²) in [5.41, 5.74) is 0.301. The summed E-state index contributed by atoms with van der Waals surface area (Å²) in [7, 11) is 1.79. The molecule has 0 radical (unpaired) electrons. The largest absolute Gasteiger partial charge is 0.467 e. The maximum atomic E-state index is 13.5. The van der Waals surface area contributed by atoms with Gasteiger partial charge in [-0.3, -0.25) is 9.59 Å². The van der Waals surface area contributed by atoms with Gasteiger partial charge in [0.1, 0.15) is 11.8 Å². The number of pyridine rings is 1. The van der Waals surface area contributed by atoms with Crippen LogP contribution in [0.15, 0.2) is 87.1 Å². The van der Waals surface area contributed by atoms with Crippen LogP contribution < -0.4 is 10.3 Å². The van der Waals surface area contributed by atoms with Crippen molar-refractivity contribution >= 4 is 28.8 Å². The Morgan fingerprint density at radius 1 is 1.29 bits per heavy atom. The van der Waals surface area contributed by atoms with Crippen molar-refractivity contribution in [3.63, 3.8) is 0 Å². The van der Waals surface area contributed by atoms with E-state index in [1.54, 1.807) is 24.3 Å². The van der Waals surface area contributed by atoms with Crippen molar-refractivity contribution in [3.05, 3.63) is 89.1 Å². The van der Waals surface area contributed by atoms with Gasteiger partial charge in [-0.15, -0.1) is 0 Å². The highest BCUT2D eigenvalue weighted by molar-refractivity contribution is 7.97. The molecule has 3 aromatic rings. The van der Waals surface area contributed by atoms with Gasteiger partial charge in [0.05, 0.1) is 12.8 Å². The number of nitrogens with zero attached hydrogens (tertiary/aromatic N) is 1. The topological polar surface area (TPSA) is 78.3 Å². The highest BCUT2D eigenvalue weighted by Gasteiger charge is 2.38. The fourth-order valence-corrected chi connectivity index (χ4v) is 4.63. The number of benzene rings is 1. The number of allylic oxidation sites excluding steroid dienone is 3. The van der Waals surface area contributed by atoms with Crippen LogP contribution in [-0.2, 0) is 11.3 Å². The predicted molar refractivity (Wildman–Crippen MR) is 124 cm³/mol. The summed E-state index contributed by atoms with van der Waals surface area (Å²) in [6.07, 6.45) is 10.6. The zero-order valence-corrected chi connectivity index (χ0v) is 18.3. The first kappa shape index (κ1) is 21.2. The third kappa shape index (κ3) is 4.84. The number of H-pyrrole nitrogens is 1. The Balaban J connectivity index is 1.55. The fourth-order valence-electron chi connectivity index (χ4n) is 3.68. The quantitative estimate of drug-likeness (QED) is 0.542. The lowest BCUT2D eigenvalue weighted by Crippen LogP contribution is -2.51. The highest BCUT2D eigenvalue weighted by Crippen LogP contribution is 2.34. The molecule has 0 saturated carbocycles. The van der Waals surface area contributed by atoms with Gasteiger partial charge in [-0.05, 0) is 60.2 Å². The van der Waals surface area contributed by atoms with E-state index in [2.05, 4.69) is 28.8 Å². The molecule has 0 aliphatic heterocycles. The average molecular weight is 436 g/mol. The molecule has 1 aliphatic rings. The van der Waals surface area contributed by atoms with Crippen LogP contribution in [0.2, 0.25) is 0 Å². The van der Waals surface area contributed by atoms with E-state index in [4.69, 9.17) is 4.42 Å². The van der Waals surface area contributed by atoms with Gasteiger partial charge in [-0.1, -0.05) is 31.2 Å². The molecule has 1 aromatic carbocycles. The molecular formula is C24H25N3O3S. The van der Waals surface area contributed by atoms with Gasteiger partial charge in [-0.2, -0.15) is 0 Å². The first-order valence-electron chi connectivity index (χ1n) is 10.1. The van der Waals surface area contributed by atoms with E-state index < -0.39 is 6.04 Å². The highest BCUT2D eigenvalue weighted by atomic mass is 32.2. The molecule has 6 nitrogen and oxygen atoms in total. The first-order chi connectivity index (χ1) is 14.9. The minimum atomic E-state index is -0.440. The number of fused-ring (bicyclic) bond motifs is 1. The monoisotopic (exact) mass is 435 g/mol. The van der Waals surface area contributed by atoms with Crippen LogP contribution in [0.1, 0.15) is 19.1 Å².